The van der Waals surface area contributed by atoms with Gasteiger partial charge in [0.05, 0.1) is 17.1 Å². The lowest BCUT2D eigenvalue weighted by Gasteiger charge is -2.51. The molecule has 4 heterocycles. The highest BCUT2D eigenvalue weighted by atomic mass is 35.5. The van der Waals surface area contributed by atoms with Crippen LogP contribution >= 0.6 is 11.6 Å². The zero-order valence-corrected chi connectivity index (χ0v) is 18.0. The third kappa shape index (κ3) is 3.86. The van der Waals surface area contributed by atoms with Crippen molar-refractivity contribution < 1.29 is 9.53 Å². The third-order valence-electron chi connectivity index (χ3n) is 6.81. The summed E-state index contributed by atoms with van der Waals surface area (Å²) >= 11 is 6.00. The maximum atomic E-state index is 13.1. The van der Waals surface area contributed by atoms with E-state index in [1.165, 1.54) is 6.42 Å². The molecule has 0 saturated carbocycles. The molecule has 2 aromatic carbocycles. The van der Waals surface area contributed by atoms with Crippen molar-refractivity contribution in [2.24, 2.45) is 11.8 Å². The summed E-state index contributed by atoms with van der Waals surface area (Å²) in [5, 5.41) is 1.63. The molecule has 3 aromatic rings. The maximum Gasteiger partial charge on any atom is 0.338 e. The first-order valence-electron chi connectivity index (χ1n) is 10.8. The molecule has 4 nitrogen and oxygen atoms in total. The number of rotatable bonds is 5. The SMILES string of the molecule is C=CC1CN2CCC1CC2C(OC(=O)c1ccc(Cl)cc1)c1ccnc2ccccc12. The molecule has 3 aliphatic rings. The Bertz CT molecular complexity index is 1110. The molecule has 3 saturated heterocycles. The summed E-state index contributed by atoms with van der Waals surface area (Å²) in [6.45, 7) is 6.03. The van der Waals surface area contributed by atoms with E-state index >= 15 is 0 Å². The van der Waals surface area contributed by atoms with Crippen molar-refractivity contribution in [2.45, 2.75) is 25.0 Å². The van der Waals surface area contributed by atoms with Gasteiger partial charge in [-0.1, -0.05) is 35.9 Å². The first-order valence-corrected chi connectivity index (χ1v) is 11.2. The molecular weight excluding hydrogens is 408 g/mol. The van der Waals surface area contributed by atoms with Crippen LogP contribution in [-0.4, -0.2) is 35.0 Å². The highest BCUT2D eigenvalue weighted by Gasteiger charge is 2.44. The van der Waals surface area contributed by atoms with Gasteiger partial charge in [-0.05, 0) is 67.6 Å². The molecular formula is C26H25ClN2O2. The zero-order valence-electron chi connectivity index (χ0n) is 17.3. The maximum absolute atomic E-state index is 13.1. The van der Waals surface area contributed by atoms with Gasteiger partial charge < -0.3 is 4.74 Å². The molecule has 0 aliphatic carbocycles. The number of hydrogen-bond acceptors (Lipinski definition) is 4. The quantitative estimate of drug-likeness (QED) is 0.384. The lowest BCUT2D eigenvalue weighted by molar-refractivity contribution is -0.0568. The number of ether oxygens (including phenoxy) is 1. The molecule has 1 aromatic heterocycles. The van der Waals surface area contributed by atoms with Gasteiger partial charge in [0.25, 0.3) is 0 Å². The van der Waals surface area contributed by atoms with Crippen LogP contribution in [0, 0.1) is 11.8 Å². The summed E-state index contributed by atoms with van der Waals surface area (Å²) < 4.78 is 6.25. The zero-order chi connectivity index (χ0) is 21.4. The normalized spacial score (nSPS) is 25.8. The lowest BCUT2D eigenvalue weighted by atomic mass is 9.73. The smallest absolute Gasteiger partial charge is 0.338 e. The summed E-state index contributed by atoms with van der Waals surface area (Å²) in [6.07, 6.45) is 5.69. The van der Waals surface area contributed by atoms with Gasteiger partial charge in [0.2, 0.25) is 0 Å². The standard InChI is InChI=1S/C26H25ClN2O2/c1-2-17-16-29-14-12-19(17)15-24(29)25(31-26(30)18-7-9-20(27)10-8-18)22-11-13-28-23-6-4-3-5-21(22)23/h2-11,13,17,19,24-25H,1,12,14-16H2. The van der Waals surface area contributed by atoms with Gasteiger partial charge in [0.1, 0.15) is 6.10 Å². The molecule has 3 fully saturated rings. The topological polar surface area (TPSA) is 42.4 Å². The van der Waals surface area contributed by atoms with E-state index < -0.39 is 0 Å². The van der Waals surface area contributed by atoms with E-state index in [4.69, 9.17) is 16.3 Å². The largest absolute Gasteiger partial charge is 0.452 e. The van der Waals surface area contributed by atoms with Crippen LogP contribution in [0.3, 0.4) is 0 Å². The molecule has 0 amide bonds. The Balaban J connectivity index is 1.53. The molecule has 5 unspecified atom stereocenters. The van der Waals surface area contributed by atoms with Crippen LogP contribution in [0.2, 0.25) is 5.02 Å². The molecule has 0 spiro atoms. The summed E-state index contributed by atoms with van der Waals surface area (Å²) in [5.41, 5.74) is 2.43. The molecule has 3 aliphatic heterocycles. The van der Waals surface area contributed by atoms with Crippen molar-refractivity contribution in [3.63, 3.8) is 0 Å². The van der Waals surface area contributed by atoms with Gasteiger partial charge >= 0.3 is 5.97 Å². The van der Waals surface area contributed by atoms with Crippen molar-refractivity contribution in [2.75, 3.05) is 13.1 Å². The minimum Gasteiger partial charge on any atom is -0.452 e. The van der Waals surface area contributed by atoms with Crippen LogP contribution in [0.15, 0.2) is 73.4 Å². The van der Waals surface area contributed by atoms with Crippen molar-refractivity contribution >= 4 is 28.5 Å². The second-order valence-corrected chi connectivity index (χ2v) is 8.93. The molecule has 31 heavy (non-hydrogen) atoms. The third-order valence-corrected chi connectivity index (χ3v) is 7.06. The molecule has 0 N–H and O–H groups in total. The van der Waals surface area contributed by atoms with Crippen molar-refractivity contribution in [1.82, 2.24) is 9.88 Å². The summed E-state index contributed by atoms with van der Waals surface area (Å²) in [4.78, 5) is 20.1. The second kappa shape index (κ2) is 8.45. The van der Waals surface area contributed by atoms with E-state index in [1.54, 1.807) is 24.3 Å². The van der Waals surface area contributed by atoms with Gasteiger partial charge in [0.15, 0.2) is 0 Å². The minimum atomic E-state index is -0.371. The Morgan fingerprint density at radius 1 is 1.19 bits per heavy atom. The average Bonchev–Trinajstić information content (AvgIpc) is 2.82. The number of halogens is 1. The van der Waals surface area contributed by atoms with Crippen molar-refractivity contribution in [1.29, 1.82) is 0 Å². The first-order chi connectivity index (χ1) is 15.1. The highest BCUT2D eigenvalue weighted by Crippen LogP contribution is 2.43. The molecule has 158 valence electrons. The van der Waals surface area contributed by atoms with E-state index in [0.717, 1.165) is 36.0 Å². The summed E-state index contributed by atoms with van der Waals surface area (Å²) in [7, 11) is 0. The number of nitrogens with zero attached hydrogens (tertiary/aromatic N) is 2. The van der Waals surface area contributed by atoms with Crippen LogP contribution in [0.1, 0.15) is 34.9 Å². The number of benzene rings is 2. The highest BCUT2D eigenvalue weighted by molar-refractivity contribution is 6.30. The second-order valence-electron chi connectivity index (χ2n) is 8.50. The van der Waals surface area contributed by atoms with Crippen molar-refractivity contribution in [3.05, 3.63) is 89.6 Å². The van der Waals surface area contributed by atoms with Crippen molar-refractivity contribution in [3.8, 4) is 0 Å². The fourth-order valence-corrected chi connectivity index (χ4v) is 5.30. The lowest BCUT2D eigenvalue weighted by Crippen LogP contribution is -2.55. The average molecular weight is 433 g/mol. The molecule has 5 heteroatoms. The number of fused-ring (bicyclic) bond motifs is 4. The first kappa shape index (κ1) is 20.2. The number of piperidine rings is 3. The van der Waals surface area contributed by atoms with E-state index in [-0.39, 0.29) is 18.1 Å². The molecule has 0 radical (unpaired) electrons. The van der Waals surface area contributed by atoms with Crippen LogP contribution in [0.25, 0.3) is 10.9 Å². The molecule has 5 atom stereocenters. The number of pyridine rings is 1. The van der Waals surface area contributed by atoms with Crippen LogP contribution in [0.4, 0.5) is 0 Å². The van der Waals surface area contributed by atoms with E-state index in [9.17, 15) is 4.79 Å². The number of carbonyl (C=O) groups excluding carboxylic acids is 1. The van der Waals surface area contributed by atoms with Gasteiger partial charge in [0, 0.05) is 28.7 Å². The number of aromatic nitrogens is 1. The Morgan fingerprint density at radius 2 is 2.00 bits per heavy atom. The minimum absolute atomic E-state index is 0.136. The number of hydrogen-bond donors (Lipinski definition) is 0. The van der Waals surface area contributed by atoms with Crippen LogP contribution in [0.5, 0.6) is 0 Å². The number of para-hydroxylation sites is 1. The Morgan fingerprint density at radius 3 is 2.74 bits per heavy atom. The molecule has 2 bridgehead atoms. The Kier molecular flexibility index (Phi) is 5.51. The van der Waals surface area contributed by atoms with Crippen LogP contribution in [-0.2, 0) is 4.74 Å². The summed E-state index contributed by atoms with van der Waals surface area (Å²) in [5.74, 6) is 0.759. The fraction of sp³-hybridized carbons (Fsp3) is 0.308. The fourth-order valence-electron chi connectivity index (χ4n) is 5.18. The van der Waals surface area contributed by atoms with Crippen LogP contribution < -0.4 is 0 Å². The number of esters is 1. The predicted molar refractivity (Wildman–Crippen MR) is 123 cm³/mol. The summed E-state index contributed by atoms with van der Waals surface area (Å²) in [6, 6.07) is 17.0. The molecule has 6 rings (SSSR count). The number of carbonyl (C=O) groups is 1. The van der Waals surface area contributed by atoms with E-state index in [0.29, 0.717) is 22.4 Å². The predicted octanol–water partition coefficient (Wildman–Crippen LogP) is 5.68. The Labute approximate surface area is 187 Å². The van der Waals surface area contributed by atoms with E-state index in [2.05, 4.69) is 28.6 Å². The van der Waals surface area contributed by atoms with E-state index in [1.807, 2.05) is 30.5 Å². The monoisotopic (exact) mass is 432 g/mol. The van der Waals surface area contributed by atoms with Gasteiger partial charge in [-0.15, -0.1) is 6.58 Å². The van der Waals surface area contributed by atoms with Gasteiger partial charge in [-0.2, -0.15) is 0 Å². The van der Waals surface area contributed by atoms with Gasteiger partial charge in [-0.3, -0.25) is 9.88 Å². The Hall–Kier alpha value is -2.69. The van der Waals surface area contributed by atoms with Gasteiger partial charge in [-0.25, -0.2) is 4.79 Å².